The second-order valence-corrected chi connectivity index (χ2v) is 4.70. The Hall–Kier alpha value is -1.52. The molecule has 2 nitrogen and oxygen atoms in total. The number of hydrogen-bond donors (Lipinski definition) is 2. The summed E-state index contributed by atoms with van der Waals surface area (Å²) in [6, 6.07) is 6.25. The fourth-order valence-electron chi connectivity index (χ4n) is 1.56. The molecular formula is C13H9Cl2F2NO. The summed E-state index contributed by atoms with van der Waals surface area (Å²) in [7, 11) is 0. The van der Waals surface area contributed by atoms with E-state index in [1.165, 1.54) is 12.1 Å². The van der Waals surface area contributed by atoms with E-state index < -0.39 is 17.4 Å². The largest absolute Gasteiger partial charge is 0.505 e. The predicted octanol–water partition coefficient (Wildman–Crippen LogP) is 4.59. The summed E-state index contributed by atoms with van der Waals surface area (Å²) >= 11 is 11.7. The average Bonchev–Trinajstić information content (AvgIpc) is 2.32. The molecule has 0 aliphatic carbocycles. The van der Waals surface area contributed by atoms with Crippen molar-refractivity contribution in [1.82, 2.24) is 0 Å². The lowest BCUT2D eigenvalue weighted by Gasteiger charge is -2.11. The van der Waals surface area contributed by atoms with E-state index in [0.717, 1.165) is 12.1 Å². The van der Waals surface area contributed by atoms with Crippen LogP contribution in [0.25, 0.3) is 0 Å². The van der Waals surface area contributed by atoms with Crippen LogP contribution >= 0.6 is 23.2 Å². The molecule has 0 bridgehead atoms. The molecule has 2 N–H and O–H groups in total. The minimum absolute atomic E-state index is 0.143. The number of nitrogens with one attached hydrogen (secondary N) is 1. The molecule has 0 aliphatic heterocycles. The third-order valence-corrected chi connectivity index (χ3v) is 3.08. The van der Waals surface area contributed by atoms with Crippen molar-refractivity contribution in [2.75, 3.05) is 5.32 Å². The lowest BCUT2D eigenvalue weighted by molar-refractivity contribution is 0.432. The molecule has 0 spiro atoms. The fourth-order valence-corrected chi connectivity index (χ4v) is 2.16. The van der Waals surface area contributed by atoms with E-state index in [-0.39, 0.29) is 16.6 Å². The molecule has 0 unspecified atom stereocenters. The van der Waals surface area contributed by atoms with Gasteiger partial charge in [0, 0.05) is 6.54 Å². The van der Waals surface area contributed by atoms with Crippen LogP contribution in [0, 0.1) is 11.6 Å². The molecule has 0 saturated carbocycles. The molecule has 19 heavy (non-hydrogen) atoms. The number of anilines is 1. The summed E-state index contributed by atoms with van der Waals surface area (Å²) in [6.07, 6.45) is 0. The summed E-state index contributed by atoms with van der Waals surface area (Å²) in [6.45, 7) is 0.238. The van der Waals surface area contributed by atoms with E-state index in [1.54, 1.807) is 6.07 Å². The Kier molecular flexibility index (Phi) is 4.12. The minimum atomic E-state index is -0.712. The number of benzene rings is 2. The maximum atomic E-state index is 13.1. The second-order valence-electron chi connectivity index (χ2n) is 3.88. The van der Waals surface area contributed by atoms with Crippen LogP contribution in [-0.2, 0) is 6.54 Å². The fraction of sp³-hybridized carbons (Fsp3) is 0.0769. The molecule has 0 radical (unpaired) electrons. The number of aromatic hydroxyl groups is 1. The first kappa shape index (κ1) is 13.9. The van der Waals surface area contributed by atoms with Gasteiger partial charge in [-0.15, -0.1) is 0 Å². The number of phenols is 1. The van der Waals surface area contributed by atoms with Crippen LogP contribution in [0.1, 0.15) is 5.56 Å². The van der Waals surface area contributed by atoms with Crippen molar-refractivity contribution >= 4 is 28.9 Å². The molecule has 6 heteroatoms. The molecule has 0 heterocycles. The lowest BCUT2D eigenvalue weighted by atomic mass is 10.2. The number of rotatable bonds is 3. The van der Waals surface area contributed by atoms with Crippen LogP contribution in [0.2, 0.25) is 10.0 Å². The zero-order valence-corrected chi connectivity index (χ0v) is 11.1. The van der Waals surface area contributed by atoms with E-state index in [9.17, 15) is 8.78 Å². The van der Waals surface area contributed by atoms with Crippen molar-refractivity contribution in [2.45, 2.75) is 6.54 Å². The Morgan fingerprint density at radius 1 is 1.05 bits per heavy atom. The van der Waals surface area contributed by atoms with Crippen molar-refractivity contribution in [1.29, 1.82) is 0 Å². The Bertz CT molecular complexity index is 597. The SMILES string of the molecule is Oc1ccc(CNc2c(Cl)cc(F)cc2Cl)cc1F. The zero-order valence-electron chi connectivity index (χ0n) is 9.55. The van der Waals surface area contributed by atoms with Crippen LogP contribution in [0.15, 0.2) is 30.3 Å². The Balaban J connectivity index is 2.16. The third-order valence-electron chi connectivity index (χ3n) is 2.49. The van der Waals surface area contributed by atoms with E-state index >= 15 is 0 Å². The highest BCUT2D eigenvalue weighted by Crippen LogP contribution is 2.31. The van der Waals surface area contributed by atoms with Gasteiger partial charge in [-0.2, -0.15) is 0 Å². The zero-order chi connectivity index (χ0) is 14.0. The van der Waals surface area contributed by atoms with Crippen LogP contribution in [0.3, 0.4) is 0 Å². The molecule has 0 atom stereocenters. The van der Waals surface area contributed by atoms with Crippen molar-refractivity contribution < 1.29 is 13.9 Å². The second kappa shape index (κ2) is 5.63. The first-order valence-electron chi connectivity index (χ1n) is 5.33. The van der Waals surface area contributed by atoms with Crippen LogP contribution in [0.5, 0.6) is 5.75 Å². The van der Waals surface area contributed by atoms with E-state index in [1.807, 2.05) is 0 Å². The van der Waals surface area contributed by atoms with Crippen molar-refractivity contribution in [2.24, 2.45) is 0 Å². The number of hydrogen-bond acceptors (Lipinski definition) is 2. The quantitative estimate of drug-likeness (QED) is 0.869. The van der Waals surface area contributed by atoms with Crippen molar-refractivity contribution in [3.63, 3.8) is 0 Å². The topological polar surface area (TPSA) is 32.3 Å². The van der Waals surface area contributed by atoms with Gasteiger partial charge in [-0.25, -0.2) is 8.78 Å². The van der Waals surface area contributed by atoms with E-state index in [0.29, 0.717) is 11.3 Å². The maximum absolute atomic E-state index is 13.1. The van der Waals surface area contributed by atoms with Gasteiger partial charge in [-0.05, 0) is 29.8 Å². The molecule has 2 aromatic rings. The van der Waals surface area contributed by atoms with E-state index in [2.05, 4.69) is 5.32 Å². The van der Waals surface area contributed by atoms with Gasteiger partial charge in [-0.3, -0.25) is 0 Å². The predicted molar refractivity (Wildman–Crippen MR) is 71.8 cm³/mol. The lowest BCUT2D eigenvalue weighted by Crippen LogP contribution is -2.01. The monoisotopic (exact) mass is 303 g/mol. The molecule has 0 saturated heterocycles. The van der Waals surface area contributed by atoms with Gasteiger partial charge in [0.1, 0.15) is 5.82 Å². The Morgan fingerprint density at radius 2 is 1.68 bits per heavy atom. The Labute approximate surface area is 118 Å². The summed E-state index contributed by atoms with van der Waals surface area (Å²) in [5.74, 6) is -1.66. The third kappa shape index (κ3) is 3.28. The summed E-state index contributed by atoms with van der Waals surface area (Å²) in [5.41, 5.74) is 0.963. The van der Waals surface area contributed by atoms with Crippen LogP contribution in [0.4, 0.5) is 14.5 Å². The molecule has 2 aromatic carbocycles. The summed E-state index contributed by atoms with van der Waals surface area (Å²) in [4.78, 5) is 0. The molecule has 0 aromatic heterocycles. The highest BCUT2D eigenvalue weighted by atomic mass is 35.5. The standard InChI is InChI=1S/C13H9Cl2F2NO/c14-9-4-8(16)5-10(15)13(9)18-6-7-1-2-12(19)11(17)3-7/h1-5,18-19H,6H2. The molecule has 100 valence electrons. The number of phenolic OH excluding ortho intramolecular Hbond substituents is 1. The van der Waals surface area contributed by atoms with Gasteiger partial charge in [0.25, 0.3) is 0 Å². The summed E-state index contributed by atoms with van der Waals surface area (Å²) < 4.78 is 26.1. The molecule has 2 rings (SSSR count). The minimum Gasteiger partial charge on any atom is -0.505 e. The molecule has 0 aliphatic rings. The van der Waals surface area contributed by atoms with Gasteiger partial charge in [0.2, 0.25) is 0 Å². The summed E-state index contributed by atoms with van der Waals surface area (Å²) in [5, 5.41) is 12.2. The van der Waals surface area contributed by atoms with Gasteiger partial charge in [-0.1, -0.05) is 29.3 Å². The molecular weight excluding hydrogens is 295 g/mol. The molecule has 0 fully saturated rings. The first-order chi connectivity index (χ1) is 8.97. The maximum Gasteiger partial charge on any atom is 0.165 e. The van der Waals surface area contributed by atoms with E-state index in [4.69, 9.17) is 28.3 Å². The van der Waals surface area contributed by atoms with Crippen LogP contribution < -0.4 is 5.32 Å². The average molecular weight is 304 g/mol. The highest BCUT2D eigenvalue weighted by Gasteiger charge is 2.09. The first-order valence-corrected chi connectivity index (χ1v) is 6.09. The van der Waals surface area contributed by atoms with Crippen molar-refractivity contribution in [3.05, 3.63) is 57.6 Å². The highest BCUT2D eigenvalue weighted by molar-refractivity contribution is 6.39. The van der Waals surface area contributed by atoms with Gasteiger partial charge < -0.3 is 10.4 Å². The van der Waals surface area contributed by atoms with Crippen LogP contribution in [-0.4, -0.2) is 5.11 Å². The Morgan fingerprint density at radius 3 is 2.26 bits per heavy atom. The van der Waals surface area contributed by atoms with Gasteiger partial charge in [0.15, 0.2) is 11.6 Å². The van der Waals surface area contributed by atoms with Gasteiger partial charge in [0.05, 0.1) is 15.7 Å². The molecule has 0 amide bonds. The normalized spacial score (nSPS) is 10.5. The smallest absolute Gasteiger partial charge is 0.165 e. The van der Waals surface area contributed by atoms with Crippen molar-refractivity contribution in [3.8, 4) is 5.75 Å². The number of halogens is 4. The van der Waals surface area contributed by atoms with Gasteiger partial charge >= 0.3 is 0 Å².